The molecular formula is C12H8BrN3O2S. The SMILES string of the molecule is N#Cc1ccccc1S(=O)(=O)Nc1cncc(Br)c1. The van der Waals surface area contributed by atoms with Crippen LogP contribution in [0.3, 0.4) is 0 Å². The van der Waals surface area contributed by atoms with Crippen LogP contribution < -0.4 is 4.72 Å². The van der Waals surface area contributed by atoms with Gasteiger partial charge in [-0.3, -0.25) is 9.71 Å². The second-order valence-corrected chi connectivity index (χ2v) is 6.17. The van der Waals surface area contributed by atoms with Gasteiger partial charge in [-0.2, -0.15) is 5.26 Å². The van der Waals surface area contributed by atoms with Crippen molar-refractivity contribution in [3.8, 4) is 6.07 Å². The molecule has 2 rings (SSSR count). The van der Waals surface area contributed by atoms with E-state index in [9.17, 15) is 8.42 Å². The molecule has 1 aromatic heterocycles. The molecule has 0 radical (unpaired) electrons. The quantitative estimate of drug-likeness (QED) is 0.932. The van der Waals surface area contributed by atoms with Gasteiger partial charge in [-0.05, 0) is 34.1 Å². The number of nitrogens with one attached hydrogen (secondary N) is 1. The molecule has 1 N–H and O–H groups in total. The highest BCUT2D eigenvalue weighted by Crippen LogP contribution is 2.20. The van der Waals surface area contributed by atoms with Gasteiger partial charge in [0.15, 0.2) is 0 Å². The first-order valence-corrected chi connectivity index (χ1v) is 7.43. The second kappa shape index (κ2) is 5.38. The Morgan fingerprint density at radius 1 is 1.26 bits per heavy atom. The van der Waals surface area contributed by atoms with Crippen LogP contribution in [0.1, 0.15) is 5.56 Å². The Kier molecular flexibility index (Phi) is 3.83. The molecule has 1 heterocycles. The predicted molar refractivity (Wildman–Crippen MR) is 73.9 cm³/mol. The van der Waals surface area contributed by atoms with Gasteiger partial charge in [0.1, 0.15) is 11.0 Å². The zero-order valence-corrected chi connectivity index (χ0v) is 11.9. The fraction of sp³-hybridized carbons (Fsp3) is 0. The van der Waals surface area contributed by atoms with Gasteiger partial charge in [-0.25, -0.2) is 8.42 Å². The van der Waals surface area contributed by atoms with Crippen LogP contribution >= 0.6 is 15.9 Å². The first kappa shape index (κ1) is 13.5. The molecule has 0 atom stereocenters. The number of nitrogens with zero attached hydrogens (tertiary/aromatic N) is 2. The van der Waals surface area contributed by atoms with Gasteiger partial charge in [-0.15, -0.1) is 0 Å². The number of pyridine rings is 1. The maximum absolute atomic E-state index is 12.2. The summed E-state index contributed by atoms with van der Waals surface area (Å²) in [4.78, 5) is 3.81. The van der Waals surface area contributed by atoms with Crippen LogP contribution in [-0.2, 0) is 10.0 Å². The van der Waals surface area contributed by atoms with Crippen molar-refractivity contribution in [1.29, 1.82) is 5.26 Å². The summed E-state index contributed by atoms with van der Waals surface area (Å²) in [5.41, 5.74) is 0.417. The Hall–Kier alpha value is -1.91. The summed E-state index contributed by atoms with van der Waals surface area (Å²) in [6.45, 7) is 0. The summed E-state index contributed by atoms with van der Waals surface area (Å²) >= 11 is 3.20. The summed E-state index contributed by atoms with van der Waals surface area (Å²) in [5, 5.41) is 8.93. The maximum atomic E-state index is 12.2. The third-order valence-electron chi connectivity index (χ3n) is 2.25. The van der Waals surface area contributed by atoms with E-state index in [1.807, 2.05) is 6.07 Å². The molecule has 1 aromatic carbocycles. The zero-order valence-electron chi connectivity index (χ0n) is 9.54. The van der Waals surface area contributed by atoms with E-state index in [2.05, 4.69) is 25.6 Å². The Bertz CT molecular complexity index is 754. The minimum atomic E-state index is -3.81. The zero-order chi connectivity index (χ0) is 13.9. The number of halogens is 1. The van der Waals surface area contributed by atoms with Gasteiger partial charge in [0, 0.05) is 10.7 Å². The van der Waals surface area contributed by atoms with Crippen molar-refractivity contribution >= 4 is 31.6 Å². The van der Waals surface area contributed by atoms with Gasteiger partial charge in [-0.1, -0.05) is 12.1 Å². The summed E-state index contributed by atoms with van der Waals surface area (Å²) in [6, 6.07) is 9.44. The van der Waals surface area contributed by atoms with Crippen molar-refractivity contribution in [3.05, 3.63) is 52.8 Å². The molecule has 0 saturated carbocycles. The molecule has 0 aliphatic rings. The number of aromatic nitrogens is 1. The van der Waals surface area contributed by atoms with Gasteiger partial charge in [0.05, 0.1) is 17.4 Å². The summed E-state index contributed by atoms with van der Waals surface area (Å²) in [6.07, 6.45) is 2.93. The Morgan fingerprint density at radius 2 is 2.00 bits per heavy atom. The lowest BCUT2D eigenvalue weighted by Gasteiger charge is -2.08. The molecule has 2 aromatic rings. The first-order valence-electron chi connectivity index (χ1n) is 5.15. The molecule has 0 spiro atoms. The lowest BCUT2D eigenvalue weighted by Crippen LogP contribution is -2.14. The summed E-state index contributed by atoms with van der Waals surface area (Å²) in [7, 11) is -3.81. The molecule has 19 heavy (non-hydrogen) atoms. The normalized spacial score (nSPS) is 10.7. The molecule has 0 aliphatic heterocycles. The van der Waals surface area contributed by atoms with Crippen molar-refractivity contribution < 1.29 is 8.42 Å². The molecule has 0 fully saturated rings. The average molecular weight is 338 g/mol. The van der Waals surface area contributed by atoms with Crippen LogP contribution in [0.25, 0.3) is 0 Å². The van der Waals surface area contributed by atoms with Gasteiger partial charge in [0.2, 0.25) is 0 Å². The minimum Gasteiger partial charge on any atom is -0.278 e. The number of anilines is 1. The van der Waals surface area contributed by atoms with Crippen LogP contribution in [0.4, 0.5) is 5.69 Å². The lowest BCUT2D eigenvalue weighted by atomic mass is 10.2. The fourth-order valence-electron chi connectivity index (χ4n) is 1.47. The largest absolute Gasteiger partial charge is 0.278 e. The fourth-order valence-corrected chi connectivity index (χ4v) is 3.03. The average Bonchev–Trinajstić information content (AvgIpc) is 2.38. The molecule has 7 heteroatoms. The number of nitriles is 1. The van der Waals surface area contributed by atoms with Crippen molar-refractivity contribution in [3.63, 3.8) is 0 Å². The smallest absolute Gasteiger partial charge is 0.263 e. The predicted octanol–water partition coefficient (Wildman–Crippen LogP) is 2.52. The van der Waals surface area contributed by atoms with Crippen molar-refractivity contribution in [2.45, 2.75) is 4.90 Å². The standard InChI is InChI=1S/C12H8BrN3O2S/c13-10-5-11(8-15-7-10)16-19(17,18)12-4-2-1-3-9(12)6-14/h1-5,7-8,16H. The van der Waals surface area contributed by atoms with E-state index in [1.165, 1.54) is 18.3 Å². The Balaban J connectivity index is 2.41. The third kappa shape index (κ3) is 3.10. The first-order chi connectivity index (χ1) is 9.03. The number of benzene rings is 1. The molecule has 0 saturated heterocycles. The monoisotopic (exact) mass is 337 g/mol. The van der Waals surface area contributed by atoms with E-state index in [4.69, 9.17) is 5.26 Å². The van der Waals surface area contributed by atoms with Crippen LogP contribution in [0, 0.1) is 11.3 Å². The number of sulfonamides is 1. The van der Waals surface area contributed by atoms with E-state index in [1.54, 1.807) is 24.4 Å². The lowest BCUT2D eigenvalue weighted by molar-refractivity contribution is 0.601. The highest BCUT2D eigenvalue weighted by molar-refractivity contribution is 9.10. The van der Waals surface area contributed by atoms with Crippen LogP contribution in [0.2, 0.25) is 0 Å². The highest BCUT2D eigenvalue weighted by Gasteiger charge is 2.18. The number of hydrogen-bond acceptors (Lipinski definition) is 4. The number of hydrogen-bond donors (Lipinski definition) is 1. The molecule has 96 valence electrons. The molecule has 0 amide bonds. The van der Waals surface area contributed by atoms with Gasteiger partial charge < -0.3 is 0 Å². The van der Waals surface area contributed by atoms with E-state index in [-0.39, 0.29) is 10.5 Å². The maximum Gasteiger partial charge on any atom is 0.263 e. The summed E-state index contributed by atoms with van der Waals surface area (Å²) in [5.74, 6) is 0. The Morgan fingerprint density at radius 3 is 2.68 bits per heavy atom. The highest BCUT2D eigenvalue weighted by atomic mass is 79.9. The summed E-state index contributed by atoms with van der Waals surface area (Å²) < 4.78 is 27.4. The van der Waals surface area contributed by atoms with Gasteiger partial charge in [0.25, 0.3) is 10.0 Å². The van der Waals surface area contributed by atoms with Crippen LogP contribution in [-0.4, -0.2) is 13.4 Å². The van der Waals surface area contributed by atoms with E-state index in [0.717, 1.165) is 0 Å². The van der Waals surface area contributed by atoms with Crippen molar-refractivity contribution in [2.24, 2.45) is 0 Å². The van der Waals surface area contributed by atoms with Crippen LogP contribution in [0.15, 0.2) is 52.1 Å². The van der Waals surface area contributed by atoms with E-state index < -0.39 is 10.0 Å². The minimum absolute atomic E-state index is 0.0579. The van der Waals surface area contributed by atoms with Crippen molar-refractivity contribution in [2.75, 3.05) is 4.72 Å². The van der Waals surface area contributed by atoms with Crippen molar-refractivity contribution in [1.82, 2.24) is 4.98 Å². The topological polar surface area (TPSA) is 82.8 Å². The third-order valence-corrected chi connectivity index (χ3v) is 4.13. The molecule has 5 nitrogen and oxygen atoms in total. The molecular weight excluding hydrogens is 330 g/mol. The molecule has 0 unspecified atom stereocenters. The molecule has 0 aliphatic carbocycles. The second-order valence-electron chi connectivity index (χ2n) is 3.61. The van der Waals surface area contributed by atoms with E-state index in [0.29, 0.717) is 10.2 Å². The molecule has 0 bridgehead atoms. The van der Waals surface area contributed by atoms with E-state index >= 15 is 0 Å². The Labute approximate surface area is 119 Å². The number of rotatable bonds is 3. The van der Waals surface area contributed by atoms with Crippen LogP contribution in [0.5, 0.6) is 0 Å². The van der Waals surface area contributed by atoms with Gasteiger partial charge >= 0.3 is 0 Å².